The first-order valence-electron chi connectivity index (χ1n) is 18.9. The Hall–Kier alpha value is -7.41. The van der Waals surface area contributed by atoms with Crippen molar-refractivity contribution in [2.24, 2.45) is 0 Å². The molecule has 57 heavy (non-hydrogen) atoms. The van der Waals surface area contributed by atoms with Crippen LogP contribution in [0.2, 0.25) is 0 Å². The normalized spacial score (nSPS) is 11.9. The van der Waals surface area contributed by atoms with E-state index in [2.05, 4.69) is 115 Å². The smallest absolute Gasteiger partial charge is 0.164 e. The van der Waals surface area contributed by atoms with E-state index in [-0.39, 0.29) is 0 Å². The molecule has 6 heteroatoms. The van der Waals surface area contributed by atoms with Gasteiger partial charge in [-0.15, -0.1) is 11.3 Å². The van der Waals surface area contributed by atoms with Crippen molar-refractivity contribution in [2.45, 2.75) is 0 Å². The minimum atomic E-state index is 0.592. The lowest BCUT2D eigenvalue weighted by atomic mass is 9.92. The molecule has 12 rings (SSSR count). The summed E-state index contributed by atoms with van der Waals surface area (Å²) in [5.41, 5.74) is 10.7. The molecule has 4 aromatic heterocycles. The van der Waals surface area contributed by atoms with Gasteiger partial charge in [0.15, 0.2) is 17.5 Å². The second-order valence-electron chi connectivity index (χ2n) is 14.3. The molecule has 0 aliphatic carbocycles. The van der Waals surface area contributed by atoms with Crippen molar-refractivity contribution in [1.29, 1.82) is 0 Å². The maximum Gasteiger partial charge on any atom is 0.164 e. The molecule has 0 amide bonds. The Morgan fingerprint density at radius 3 is 1.67 bits per heavy atom. The fourth-order valence-electron chi connectivity index (χ4n) is 8.27. The molecule has 0 saturated carbocycles. The van der Waals surface area contributed by atoms with E-state index < -0.39 is 0 Å². The first-order chi connectivity index (χ1) is 28.2. The highest BCUT2D eigenvalue weighted by molar-refractivity contribution is 7.26. The van der Waals surface area contributed by atoms with Crippen LogP contribution in [0.3, 0.4) is 0 Å². The summed E-state index contributed by atoms with van der Waals surface area (Å²) in [6.45, 7) is 0. The predicted octanol–water partition coefficient (Wildman–Crippen LogP) is 14.4. The van der Waals surface area contributed by atoms with Crippen LogP contribution in [-0.2, 0) is 0 Å². The van der Waals surface area contributed by atoms with Gasteiger partial charge in [0.2, 0.25) is 0 Å². The highest BCUT2D eigenvalue weighted by Gasteiger charge is 2.20. The van der Waals surface area contributed by atoms with Gasteiger partial charge < -0.3 is 8.83 Å². The molecule has 266 valence electrons. The Labute approximate surface area is 330 Å². The Balaban J connectivity index is 1.04. The van der Waals surface area contributed by atoms with Crippen molar-refractivity contribution in [3.8, 4) is 56.4 Å². The van der Waals surface area contributed by atoms with Crippen LogP contribution in [-0.4, -0.2) is 15.0 Å². The van der Waals surface area contributed by atoms with Crippen LogP contribution < -0.4 is 0 Å². The van der Waals surface area contributed by atoms with Gasteiger partial charge in [0.1, 0.15) is 22.3 Å². The Morgan fingerprint density at radius 1 is 0.316 bits per heavy atom. The lowest BCUT2D eigenvalue weighted by Gasteiger charge is -2.11. The second kappa shape index (κ2) is 12.6. The van der Waals surface area contributed by atoms with Gasteiger partial charge in [-0.1, -0.05) is 127 Å². The molecule has 8 aromatic carbocycles. The van der Waals surface area contributed by atoms with Crippen LogP contribution >= 0.6 is 11.3 Å². The van der Waals surface area contributed by atoms with Crippen molar-refractivity contribution in [2.75, 3.05) is 0 Å². The van der Waals surface area contributed by atoms with Gasteiger partial charge in [-0.3, -0.25) is 0 Å². The van der Waals surface area contributed by atoms with E-state index in [1.54, 1.807) is 11.3 Å². The lowest BCUT2D eigenvalue weighted by molar-refractivity contribution is 0.668. The highest BCUT2D eigenvalue weighted by Crippen LogP contribution is 2.46. The molecule has 12 aromatic rings. The maximum atomic E-state index is 6.52. The van der Waals surface area contributed by atoms with Crippen LogP contribution in [0.5, 0.6) is 0 Å². The first-order valence-corrected chi connectivity index (χ1v) is 19.7. The number of nitrogens with zero attached hydrogens (tertiary/aromatic N) is 3. The summed E-state index contributed by atoms with van der Waals surface area (Å²) in [6, 6.07) is 61.0. The van der Waals surface area contributed by atoms with E-state index in [0.29, 0.717) is 17.5 Å². The van der Waals surface area contributed by atoms with Gasteiger partial charge in [0.25, 0.3) is 0 Å². The summed E-state index contributed by atoms with van der Waals surface area (Å²) >= 11 is 1.79. The van der Waals surface area contributed by atoms with Gasteiger partial charge >= 0.3 is 0 Å². The van der Waals surface area contributed by atoms with Gasteiger partial charge in [-0.2, -0.15) is 0 Å². The minimum Gasteiger partial charge on any atom is -0.456 e. The summed E-state index contributed by atoms with van der Waals surface area (Å²) in [6.07, 6.45) is 0. The molecule has 4 heterocycles. The number of rotatable bonds is 5. The van der Waals surface area contributed by atoms with Crippen molar-refractivity contribution >= 4 is 75.4 Å². The van der Waals surface area contributed by atoms with Crippen LogP contribution in [0.15, 0.2) is 185 Å². The molecular formula is C51H29N3O2S. The standard InChI is InChI=1S/C51H29N3O2S/c1-3-12-30(13-4-1)34-26-40(47-38-17-8-10-20-42(38)56-44(47)28-34)37-18-11-21-45-48(37)39-25-23-33(29-46(39)57-45)51-53-49(31-14-5-2-6-15-31)52-50(54-51)32-22-24-36-35-16-7-9-19-41(35)55-43(36)27-32/h1-29H. The topological polar surface area (TPSA) is 65.0 Å². The third kappa shape index (κ3) is 5.19. The SMILES string of the molecule is c1ccc(-c2cc(-c3cccc4sc5cc(-c6nc(-c7ccccc7)nc(-c7ccc8c(c7)oc7ccccc78)n6)ccc5c34)c3c(c2)oc2ccccc23)cc1. The van der Waals surface area contributed by atoms with Crippen LogP contribution in [0.4, 0.5) is 0 Å². The number of aromatic nitrogens is 3. The predicted molar refractivity (Wildman–Crippen MR) is 234 cm³/mol. The Bertz CT molecular complexity index is 3530. The average Bonchev–Trinajstić information content (AvgIpc) is 3.97. The first kappa shape index (κ1) is 31.9. The summed E-state index contributed by atoms with van der Waals surface area (Å²) in [7, 11) is 0. The van der Waals surface area contributed by atoms with E-state index in [9.17, 15) is 0 Å². The summed E-state index contributed by atoms with van der Waals surface area (Å²) in [5.74, 6) is 1.83. The largest absolute Gasteiger partial charge is 0.456 e. The number of para-hydroxylation sites is 2. The number of fused-ring (bicyclic) bond motifs is 9. The lowest BCUT2D eigenvalue weighted by Crippen LogP contribution is -2.00. The summed E-state index contributed by atoms with van der Waals surface area (Å²) in [4.78, 5) is 15.2. The van der Waals surface area contributed by atoms with Crippen LogP contribution in [0, 0.1) is 0 Å². The molecule has 5 nitrogen and oxygen atoms in total. The number of furan rings is 2. The number of thiophene rings is 1. The summed E-state index contributed by atoms with van der Waals surface area (Å²) < 4.78 is 15.2. The van der Waals surface area contributed by atoms with Gasteiger partial charge in [0.05, 0.1) is 0 Å². The Kier molecular flexibility index (Phi) is 7.03. The van der Waals surface area contributed by atoms with Crippen molar-refractivity contribution < 1.29 is 8.83 Å². The molecule has 0 spiro atoms. The van der Waals surface area contributed by atoms with Crippen LogP contribution in [0.1, 0.15) is 0 Å². The molecule has 0 aliphatic rings. The third-order valence-corrected chi connectivity index (χ3v) is 12.1. The van der Waals surface area contributed by atoms with E-state index in [4.69, 9.17) is 23.8 Å². The zero-order valence-electron chi connectivity index (χ0n) is 30.3. The number of benzene rings is 8. The molecular weight excluding hydrogens is 719 g/mol. The van der Waals surface area contributed by atoms with Gasteiger partial charge in [-0.05, 0) is 70.8 Å². The zero-order valence-corrected chi connectivity index (χ0v) is 31.1. The maximum absolute atomic E-state index is 6.52. The fourth-order valence-corrected chi connectivity index (χ4v) is 9.44. The second-order valence-corrected chi connectivity index (χ2v) is 15.4. The zero-order chi connectivity index (χ0) is 37.5. The summed E-state index contributed by atoms with van der Waals surface area (Å²) in [5, 5.41) is 6.80. The highest BCUT2D eigenvalue weighted by atomic mass is 32.1. The van der Waals surface area contributed by atoms with Gasteiger partial charge in [0, 0.05) is 58.4 Å². The van der Waals surface area contributed by atoms with E-state index in [1.165, 1.54) is 21.0 Å². The van der Waals surface area contributed by atoms with Gasteiger partial charge in [-0.25, -0.2) is 15.0 Å². The number of hydrogen-bond acceptors (Lipinski definition) is 6. The van der Waals surface area contributed by atoms with Crippen LogP contribution in [0.25, 0.3) is 120 Å². The molecule has 0 N–H and O–H groups in total. The molecule has 0 unspecified atom stereocenters. The van der Waals surface area contributed by atoms with Crippen molar-refractivity contribution in [1.82, 2.24) is 15.0 Å². The molecule has 0 atom stereocenters. The quantitative estimate of drug-likeness (QED) is 0.175. The number of hydrogen-bond donors (Lipinski definition) is 0. The molecule has 0 bridgehead atoms. The van der Waals surface area contributed by atoms with Crippen molar-refractivity contribution in [3.63, 3.8) is 0 Å². The van der Waals surface area contributed by atoms with Crippen molar-refractivity contribution in [3.05, 3.63) is 176 Å². The fraction of sp³-hybridized carbons (Fsp3) is 0. The minimum absolute atomic E-state index is 0.592. The third-order valence-electron chi connectivity index (χ3n) is 10.9. The van der Waals surface area contributed by atoms with E-state index in [1.807, 2.05) is 60.7 Å². The molecule has 0 fully saturated rings. The monoisotopic (exact) mass is 747 g/mol. The Morgan fingerprint density at radius 2 is 0.895 bits per heavy atom. The molecule has 0 aliphatic heterocycles. The van der Waals surface area contributed by atoms with E-state index in [0.717, 1.165) is 82.0 Å². The molecule has 0 saturated heterocycles. The molecule has 0 radical (unpaired) electrons. The average molecular weight is 748 g/mol. The van der Waals surface area contributed by atoms with E-state index >= 15 is 0 Å².